The van der Waals surface area contributed by atoms with Gasteiger partial charge in [0.1, 0.15) is 23.4 Å². The van der Waals surface area contributed by atoms with Crippen LogP contribution in [0.15, 0.2) is 30.3 Å². The minimum Gasteiger partial charge on any atom is -0.446 e. The molecule has 2 aliphatic rings. The lowest BCUT2D eigenvalue weighted by Crippen LogP contribution is -2.38. The van der Waals surface area contributed by atoms with Crippen LogP contribution in [-0.4, -0.2) is 54.7 Å². The zero-order valence-electron chi connectivity index (χ0n) is 20.3. The number of nitrogens with one attached hydrogen (secondary N) is 1. The van der Waals surface area contributed by atoms with Crippen LogP contribution in [0.4, 0.5) is 15.0 Å². The number of rotatable bonds is 5. The number of hydrogen-bond donors (Lipinski definition) is 1. The molecule has 1 fully saturated rings. The van der Waals surface area contributed by atoms with E-state index < -0.39 is 11.7 Å². The summed E-state index contributed by atoms with van der Waals surface area (Å²) < 4.78 is 22.1. The molecule has 0 atom stereocenters. The predicted octanol–water partition coefficient (Wildman–Crippen LogP) is 4.14. The zero-order valence-corrected chi connectivity index (χ0v) is 20.3. The lowest BCUT2D eigenvalue weighted by molar-refractivity contribution is 0.0618. The second-order valence-corrected chi connectivity index (χ2v) is 9.47. The predicted molar refractivity (Wildman–Crippen MR) is 129 cm³/mol. The van der Waals surface area contributed by atoms with Crippen molar-refractivity contribution in [3.8, 4) is 11.5 Å². The molecule has 0 bridgehead atoms. The van der Waals surface area contributed by atoms with Gasteiger partial charge in [-0.05, 0) is 91.8 Å². The Morgan fingerprint density at radius 1 is 1.17 bits per heavy atom. The molecule has 2 aromatic heterocycles. The quantitative estimate of drug-likeness (QED) is 0.568. The molecule has 36 heavy (non-hydrogen) atoms. The van der Waals surface area contributed by atoms with Crippen LogP contribution in [0, 0.1) is 5.82 Å². The van der Waals surface area contributed by atoms with Crippen LogP contribution in [0.25, 0.3) is 11.5 Å². The van der Waals surface area contributed by atoms with Crippen molar-refractivity contribution >= 4 is 17.8 Å². The highest BCUT2D eigenvalue weighted by Crippen LogP contribution is 2.26. The van der Waals surface area contributed by atoms with Crippen LogP contribution in [-0.2, 0) is 17.7 Å². The van der Waals surface area contributed by atoms with Gasteiger partial charge >= 0.3 is 6.09 Å². The summed E-state index contributed by atoms with van der Waals surface area (Å²) in [5.74, 6) is -0.539. The molecular formula is C25H28FN7O3. The van der Waals surface area contributed by atoms with Crippen LogP contribution in [0.5, 0.6) is 0 Å². The molecule has 11 heteroatoms. The monoisotopic (exact) mass is 493 g/mol. The summed E-state index contributed by atoms with van der Waals surface area (Å²) in [6.45, 7) is 4.61. The third-order valence-corrected chi connectivity index (χ3v) is 6.58. The van der Waals surface area contributed by atoms with Gasteiger partial charge in [0, 0.05) is 13.1 Å². The number of amides is 2. The Kier molecular flexibility index (Phi) is 6.62. The van der Waals surface area contributed by atoms with Crippen LogP contribution in [0.1, 0.15) is 67.1 Å². The van der Waals surface area contributed by atoms with Gasteiger partial charge in [-0.2, -0.15) is 0 Å². The van der Waals surface area contributed by atoms with Crippen LogP contribution in [0.3, 0.4) is 0 Å². The molecule has 1 saturated carbocycles. The minimum absolute atomic E-state index is 0.0228. The first-order valence-corrected chi connectivity index (χ1v) is 12.2. The molecule has 188 valence electrons. The number of benzene rings is 1. The molecule has 3 aromatic rings. The molecule has 3 heterocycles. The van der Waals surface area contributed by atoms with Crippen LogP contribution < -0.4 is 5.32 Å². The highest BCUT2D eigenvalue weighted by atomic mass is 19.1. The molecule has 0 radical (unpaired) electrons. The van der Waals surface area contributed by atoms with E-state index in [1.165, 1.54) is 12.1 Å². The van der Waals surface area contributed by atoms with E-state index in [1.807, 2.05) is 13.8 Å². The summed E-state index contributed by atoms with van der Waals surface area (Å²) >= 11 is 0. The standard InChI is InChI=1S/C25H28FN7O3/c1-15(2)33-23(29-30-31-33)21-8-5-9-22(27-21)28-24(34)19-12-17-14-32(11-10-16(17)13-20(19)26)25(35)36-18-6-3-4-7-18/h5,8-9,12-13,15,18H,3-4,6-7,10-11,14H2,1-2H3,(H,27,28,34). The van der Waals surface area contributed by atoms with E-state index in [0.29, 0.717) is 24.5 Å². The van der Waals surface area contributed by atoms with Gasteiger partial charge in [-0.1, -0.05) is 6.07 Å². The van der Waals surface area contributed by atoms with E-state index in [1.54, 1.807) is 27.8 Å². The van der Waals surface area contributed by atoms with Gasteiger partial charge in [-0.3, -0.25) is 4.79 Å². The number of ether oxygens (including phenoxy) is 1. The average molecular weight is 494 g/mol. The summed E-state index contributed by atoms with van der Waals surface area (Å²) in [5.41, 5.74) is 1.89. The fraction of sp³-hybridized carbons (Fsp3) is 0.440. The third-order valence-electron chi connectivity index (χ3n) is 6.58. The second-order valence-electron chi connectivity index (χ2n) is 9.47. The van der Waals surface area contributed by atoms with E-state index in [0.717, 1.165) is 36.8 Å². The maximum absolute atomic E-state index is 14.9. The first kappa shape index (κ1) is 23.8. The maximum atomic E-state index is 14.9. The van der Waals surface area contributed by atoms with Crippen molar-refractivity contribution in [3.05, 3.63) is 52.8 Å². The summed E-state index contributed by atoms with van der Waals surface area (Å²) in [7, 11) is 0. The van der Waals surface area contributed by atoms with Gasteiger partial charge in [0.25, 0.3) is 5.91 Å². The topological polar surface area (TPSA) is 115 Å². The Bertz CT molecular complexity index is 1290. The molecule has 1 aromatic carbocycles. The van der Waals surface area contributed by atoms with Gasteiger partial charge < -0.3 is 15.0 Å². The fourth-order valence-electron chi connectivity index (χ4n) is 4.66. The number of carbonyl (C=O) groups is 2. The zero-order chi connectivity index (χ0) is 25.2. The molecule has 1 N–H and O–H groups in total. The highest BCUT2D eigenvalue weighted by molar-refractivity contribution is 6.04. The molecule has 0 saturated heterocycles. The SMILES string of the molecule is CC(C)n1nnnc1-c1cccc(NC(=O)c2cc3c(cc2F)CCN(C(=O)OC2CCCC2)C3)n1. The average Bonchev–Trinajstić information content (AvgIpc) is 3.56. The number of anilines is 1. The molecule has 1 aliphatic carbocycles. The number of fused-ring (bicyclic) bond motifs is 1. The number of carbonyl (C=O) groups excluding carboxylic acids is 2. The number of aromatic nitrogens is 5. The lowest BCUT2D eigenvalue weighted by Gasteiger charge is -2.29. The van der Waals surface area contributed by atoms with Crippen molar-refractivity contribution in [2.24, 2.45) is 0 Å². The van der Waals surface area contributed by atoms with Gasteiger partial charge in [0.05, 0.1) is 11.6 Å². The van der Waals surface area contributed by atoms with Gasteiger partial charge in [-0.15, -0.1) is 5.10 Å². The van der Waals surface area contributed by atoms with Crippen LogP contribution in [0.2, 0.25) is 0 Å². The third kappa shape index (κ3) is 4.91. The van der Waals surface area contributed by atoms with E-state index >= 15 is 0 Å². The first-order chi connectivity index (χ1) is 17.4. The van der Waals surface area contributed by atoms with Crippen molar-refractivity contribution in [3.63, 3.8) is 0 Å². The lowest BCUT2D eigenvalue weighted by atomic mass is 9.96. The molecule has 2 amide bonds. The molecule has 10 nitrogen and oxygen atoms in total. The number of halogens is 1. The molecule has 0 spiro atoms. The van der Waals surface area contributed by atoms with Gasteiger partial charge in [-0.25, -0.2) is 18.9 Å². The van der Waals surface area contributed by atoms with Crippen molar-refractivity contribution in [1.82, 2.24) is 30.1 Å². The Morgan fingerprint density at radius 3 is 2.75 bits per heavy atom. The summed E-state index contributed by atoms with van der Waals surface area (Å²) in [6, 6.07) is 7.98. The smallest absolute Gasteiger partial charge is 0.410 e. The van der Waals surface area contributed by atoms with Crippen molar-refractivity contribution in [2.75, 3.05) is 11.9 Å². The number of pyridine rings is 1. The van der Waals surface area contributed by atoms with Crippen molar-refractivity contribution in [1.29, 1.82) is 0 Å². The fourth-order valence-corrected chi connectivity index (χ4v) is 4.66. The maximum Gasteiger partial charge on any atom is 0.410 e. The van der Waals surface area contributed by atoms with E-state index in [2.05, 4.69) is 25.8 Å². The van der Waals surface area contributed by atoms with E-state index in [9.17, 15) is 14.0 Å². The molecule has 1 aliphatic heterocycles. The van der Waals surface area contributed by atoms with Crippen molar-refractivity contribution < 1.29 is 18.7 Å². The Labute approximate surface area is 207 Å². The first-order valence-electron chi connectivity index (χ1n) is 12.2. The number of hydrogen-bond acceptors (Lipinski definition) is 7. The van der Waals surface area contributed by atoms with Gasteiger partial charge in [0.15, 0.2) is 0 Å². The molecule has 5 rings (SSSR count). The summed E-state index contributed by atoms with van der Waals surface area (Å²) in [6.07, 6.45) is 4.06. The van der Waals surface area contributed by atoms with E-state index in [4.69, 9.17) is 4.74 Å². The molecule has 0 unspecified atom stereocenters. The van der Waals surface area contributed by atoms with Gasteiger partial charge in [0.2, 0.25) is 5.82 Å². The number of tetrazole rings is 1. The summed E-state index contributed by atoms with van der Waals surface area (Å²) in [4.78, 5) is 31.7. The Morgan fingerprint density at radius 2 is 1.97 bits per heavy atom. The normalized spacial score (nSPS) is 15.7. The minimum atomic E-state index is -0.631. The second kappa shape index (κ2) is 10.00. The van der Waals surface area contributed by atoms with Crippen LogP contribution >= 0.6 is 0 Å². The van der Waals surface area contributed by atoms with E-state index in [-0.39, 0.29) is 36.2 Å². The number of nitrogens with zero attached hydrogens (tertiary/aromatic N) is 6. The Balaban J connectivity index is 1.32. The highest BCUT2D eigenvalue weighted by Gasteiger charge is 2.27. The molecular weight excluding hydrogens is 465 g/mol. The largest absolute Gasteiger partial charge is 0.446 e. The Hall–Kier alpha value is -3.89. The summed E-state index contributed by atoms with van der Waals surface area (Å²) in [5, 5.41) is 14.4. The van der Waals surface area contributed by atoms with Crippen molar-refractivity contribution in [2.45, 2.75) is 64.6 Å².